The lowest BCUT2D eigenvalue weighted by molar-refractivity contribution is -0.186. The Bertz CT molecular complexity index is 1080. The minimum absolute atomic E-state index is 0.0317. The van der Waals surface area contributed by atoms with E-state index in [9.17, 15) is 39.9 Å². The molecule has 38 heavy (non-hydrogen) atoms. The molecule has 0 aromatic heterocycles. The lowest BCUT2D eigenvalue weighted by Crippen LogP contribution is -2.65. The van der Waals surface area contributed by atoms with Gasteiger partial charge in [-0.3, -0.25) is 14.4 Å². The Morgan fingerprint density at radius 1 is 1.05 bits per heavy atom. The predicted octanol–water partition coefficient (Wildman–Crippen LogP) is 2.12. The summed E-state index contributed by atoms with van der Waals surface area (Å²) < 4.78 is 0. The molecule has 0 spiro atoms. The van der Waals surface area contributed by atoms with Crippen molar-refractivity contribution in [3.05, 3.63) is 11.6 Å². The number of ketones is 3. The second-order valence-corrected chi connectivity index (χ2v) is 14.7. The van der Waals surface area contributed by atoms with Gasteiger partial charge >= 0.3 is 0 Å². The van der Waals surface area contributed by atoms with Gasteiger partial charge in [0, 0.05) is 29.6 Å². The zero-order valence-corrected chi connectivity index (χ0v) is 24.0. The van der Waals surface area contributed by atoms with Gasteiger partial charge in [-0.1, -0.05) is 32.4 Å². The predicted molar refractivity (Wildman–Crippen MR) is 140 cm³/mol. The van der Waals surface area contributed by atoms with E-state index in [0.29, 0.717) is 6.42 Å². The summed E-state index contributed by atoms with van der Waals surface area (Å²) in [5.74, 6) is -2.49. The van der Waals surface area contributed by atoms with Gasteiger partial charge in [-0.05, 0) is 76.5 Å². The van der Waals surface area contributed by atoms with Crippen molar-refractivity contribution in [2.75, 3.05) is 0 Å². The molecule has 4 rings (SSSR count). The first-order valence-corrected chi connectivity index (χ1v) is 13.9. The highest BCUT2D eigenvalue weighted by atomic mass is 16.3. The number of hydrogen-bond acceptors (Lipinski definition) is 8. The van der Waals surface area contributed by atoms with Gasteiger partial charge in [0.25, 0.3) is 0 Å². The van der Waals surface area contributed by atoms with Crippen molar-refractivity contribution in [2.24, 2.45) is 39.4 Å². The highest BCUT2D eigenvalue weighted by Gasteiger charge is 2.74. The van der Waals surface area contributed by atoms with Crippen LogP contribution in [0.4, 0.5) is 0 Å². The third-order valence-electron chi connectivity index (χ3n) is 11.8. The minimum Gasteiger partial charge on any atom is -0.393 e. The van der Waals surface area contributed by atoms with Crippen LogP contribution in [0.3, 0.4) is 0 Å². The first-order valence-electron chi connectivity index (χ1n) is 13.9. The molecular weight excluding hydrogens is 488 g/mol. The molecule has 0 amide bonds. The lowest BCUT2D eigenvalue weighted by atomic mass is 9.38. The molecule has 8 nitrogen and oxygen atoms in total. The molecule has 0 bridgehead atoms. The van der Waals surface area contributed by atoms with Crippen molar-refractivity contribution < 1.29 is 39.9 Å². The zero-order valence-electron chi connectivity index (χ0n) is 24.0. The van der Waals surface area contributed by atoms with Gasteiger partial charge in [-0.25, -0.2) is 0 Å². The van der Waals surface area contributed by atoms with Gasteiger partial charge in [-0.2, -0.15) is 0 Å². The van der Waals surface area contributed by atoms with E-state index in [-0.39, 0.29) is 42.7 Å². The fourth-order valence-electron chi connectivity index (χ4n) is 9.20. The molecule has 0 aliphatic heterocycles. The molecule has 5 N–H and O–H groups in total. The van der Waals surface area contributed by atoms with E-state index >= 15 is 0 Å². The number of rotatable bonds is 5. The van der Waals surface area contributed by atoms with E-state index in [0.717, 1.165) is 5.57 Å². The molecule has 214 valence electrons. The molecule has 10 atom stereocenters. The van der Waals surface area contributed by atoms with Crippen LogP contribution in [0.1, 0.15) is 87.5 Å². The Labute approximate surface area is 225 Å². The number of aliphatic hydroxyl groups excluding tert-OH is 3. The third-order valence-corrected chi connectivity index (χ3v) is 11.8. The Balaban J connectivity index is 1.77. The average molecular weight is 535 g/mol. The second-order valence-electron chi connectivity index (χ2n) is 14.7. The number of aliphatic hydroxyl groups is 5. The van der Waals surface area contributed by atoms with E-state index in [1.807, 2.05) is 26.8 Å². The molecule has 0 unspecified atom stereocenters. The topological polar surface area (TPSA) is 152 Å². The number of hydrogen-bond donors (Lipinski definition) is 5. The monoisotopic (exact) mass is 534 g/mol. The maximum Gasteiger partial charge on any atom is 0.170 e. The van der Waals surface area contributed by atoms with Crippen LogP contribution in [0.2, 0.25) is 0 Å². The Hall–Kier alpha value is -1.45. The van der Waals surface area contributed by atoms with E-state index in [2.05, 4.69) is 0 Å². The van der Waals surface area contributed by atoms with E-state index in [4.69, 9.17) is 0 Å². The van der Waals surface area contributed by atoms with E-state index in [1.165, 1.54) is 20.8 Å². The smallest absolute Gasteiger partial charge is 0.170 e. The highest BCUT2D eigenvalue weighted by molar-refractivity contribution is 5.95. The summed E-state index contributed by atoms with van der Waals surface area (Å²) in [5.41, 5.74) is -6.03. The number of fused-ring (bicyclic) bond motifs is 5. The molecule has 0 aromatic carbocycles. The normalized spacial score (nSPS) is 44.9. The number of allylic oxidation sites excluding steroid dienone is 2. The van der Waals surface area contributed by atoms with Crippen LogP contribution in [0.25, 0.3) is 0 Å². The summed E-state index contributed by atoms with van der Waals surface area (Å²) in [6.07, 6.45) is -1.07. The first kappa shape index (κ1) is 29.5. The molecule has 4 aliphatic carbocycles. The largest absolute Gasteiger partial charge is 0.393 e. The molecule has 0 saturated heterocycles. The second kappa shape index (κ2) is 8.53. The van der Waals surface area contributed by atoms with Crippen molar-refractivity contribution in [3.63, 3.8) is 0 Å². The van der Waals surface area contributed by atoms with Crippen LogP contribution in [0.15, 0.2) is 11.6 Å². The summed E-state index contributed by atoms with van der Waals surface area (Å²) in [7, 11) is 0. The maximum absolute atomic E-state index is 14.2. The molecule has 4 aliphatic rings. The van der Waals surface area contributed by atoms with Gasteiger partial charge in [-0.15, -0.1) is 0 Å². The first-order chi connectivity index (χ1) is 17.1. The highest BCUT2D eigenvalue weighted by Crippen LogP contribution is 2.74. The number of carbonyl (C=O) groups is 3. The summed E-state index contributed by atoms with van der Waals surface area (Å²) in [6, 6.07) is 0. The molecule has 0 aromatic rings. The summed E-state index contributed by atoms with van der Waals surface area (Å²) in [6.45, 7) is 13.6. The molecular formula is C30H46O8. The van der Waals surface area contributed by atoms with Crippen molar-refractivity contribution in [1.82, 2.24) is 0 Å². The Morgan fingerprint density at radius 3 is 2.18 bits per heavy atom. The minimum atomic E-state index is -2.04. The Kier molecular flexibility index (Phi) is 6.63. The molecule has 0 radical (unpaired) electrons. The van der Waals surface area contributed by atoms with Crippen LogP contribution in [0, 0.1) is 39.4 Å². The van der Waals surface area contributed by atoms with Crippen LogP contribution in [-0.2, 0) is 14.4 Å². The fraction of sp³-hybridized carbons (Fsp3) is 0.833. The molecule has 0 heterocycles. The van der Waals surface area contributed by atoms with Crippen molar-refractivity contribution >= 4 is 17.3 Å². The van der Waals surface area contributed by atoms with Gasteiger partial charge < -0.3 is 25.5 Å². The summed E-state index contributed by atoms with van der Waals surface area (Å²) in [5, 5.41) is 54.3. The SMILES string of the molecule is CC1(C)C(=O)[C@@H](O)C[C@@H]2C1=CC[C@H]1[C@@]2(C)C(=O)C[C@@]2(C)[C@H]([C@](C)(O)C(=O)C[C@H](O)C(C)(C)O)[C@@H](O)C[C@]12C. The third kappa shape index (κ3) is 3.70. The van der Waals surface area contributed by atoms with E-state index < -0.39 is 69.3 Å². The number of Topliss-reactive ketones (excluding diaryl/α,β-unsaturated/α-hetero) is 3. The van der Waals surface area contributed by atoms with Gasteiger partial charge in [0.15, 0.2) is 11.6 Å². The summed E-state index contributed by atoms with van der Waals surface area (Å²) >= 11 is 0. The quantitative estimate of drug-likeness (QED) is 0.336. The number of carbonyl (C=O) groups excluding carboxylic acids is 3. The zero-order chi connectivity index (χ0) is 29.0. The molecule has 3 fully saturated rings. The van der Waals surface area contributed by atoms with Crippen LogP contribution in [-0.4, -0.2) is 72.4 Å². The van der Waals surface area contributed by atoms with Crippen molar-refractivity contribution in [3.8, 4) is 0 Å². The van der Waals surface area contributed by atoms with E-state index in [1.54, 1.807) is 13.8 Å². The van der Waals surface area contributed by atoms with Gasteiger partial charge in [0.05, 0.1) is 17.8 Å². The molecule has 3 saturated carbocycles. The van der Waals surface area contributed by atoms with Crippen LogP contribution in [0.5, 0.6) is 0 Å². The Morgan fingerprint density at radius 2 is 1.63 bits per heavy atom. The average Bonchev–Trinajstić information content (AvgIpc) is 2.97. The molecule has 8 heteroatoms. The lowest BCUT2D eigenvalue weighted by Gasteiger charge is -2.64. The van der Waals surface area contributed by atoms with Crippen molar-refractivity contribution in [2.45, 2.75) is 117 Å². The van der Waals surface area contributed by atoms with Crippen molar-refractivity contribution in [1.29, 1.82) is 0 Å². The van der Waals surface area contributed by atoms with Gasteiger partial charge in [0.1, 0.15) is 17.5 Å². The fourth-order valence-corrected chi connectivity index (χ4v) is 9.20. The maximum atomic E-state index is 14.2. The van der Waals surface area contributed by atoms with Crippen LogP contribution >= 0.6 is 0 Å². The standard InChI is InChI=1S/C30H46O8/c1-25(2)15-9-10-19-27(5)13-18(32)23(30(8,38)21(34)12-20(33)26(3,4)37)28(27,6)14-22(35)29(19,7)16(15)11-17(31)24(25)36/h9,16-20,23,31-33,37-38H,10-14H2,1-8H3/t16-,17+,18+,19-,20+,23-,27-,28+,29+,30-/m1/s1. The van der Waals surface area contributed by atoms with Crippen LogP contribution < -0.4 is 0 Å². The van der Waals surface area contributed by atoms with Gasteiger partial charge in [0.2, 0.25) is 0 Å². The summed E-state index contributed by atoms with van der Waals surface area (Å²) in [4.78, 5) is 40.4.